The molecule has 1 aromatic carbocycles. The molecule has 0 bridgehead atoms. The molecule has 3 aromatic rings. The van der Waals surface area contributed by atoms with E-state index in [-0.39, 0.29) is 0 Å². The Bertz CT molecular complexity index is 660. The van der Waals surface area contributed by atoms with Gasteiger partial charge in [-0.1, -0.05) is 41.4 Å². The molecule has 1 N–H and O–H groups in total. The van der Waals surface area contributed by atoms with Crippen LogP contribution in [-0.2, 0) is 0 Å². The topological polar surface area (TPSA) is 59.4 Å². The molecule has 0 unspecified atom stereocenters. The molecule has 0 saturated carbocycles. The third kappa shape index (κ3) is 1.77. The van der Waals surface area contributed by atoms with Gasteiger partial charge in [0.15, 0.2) is 0 Å². The lowest BCUT2D eigenvalue weighted by Crippen LogP contribution is -1.98. The van der Waals surface area contributed by atoms with Crippen molar-refractivity contribution in [3.8, 4) is 17.2 Å². The summed E-state index contributed by atoms with van der Waals surface area (Å²) in [5.41, 5.74) is 1.50. The van der Waals surface area contributed by atoms with Crippen molar-refractivity contribution in [2.45, 2.75) is 0 Å². The lowest BCUT2D eigenvalue weighted by Gasteiger charge is -2.08. The van der Waals surface area contributed by atoms with Gasteiger partial charge in [-0.3, -0.25) is 4.57 Å². The van der Waals surface area contributed by atoms with Gasteiger partial charge in [-0.2, -0.15) is 5.21 Å². The summed E-state index contributed by atoms with van der Waals surface area (Å²) in [6, 6.07) is 11.3. The largest absolute Gasteiger partial charge is 0.296 e. The van der Waals surface area contributed by atoms with E-state index in [4.69, 9.17) is 23.2 Å². The summed E-state index contributed by atoms with van der Waals surface area (Å²) in [5, 5.41) is 14.8. The standard InChI is InChI=1S/C11H7Cl2N5/c12-8-6-9(13)18(7-4-2-1-3-5-7)10(8)11-14-16-17-15-11/h1-6H,(H,14,15,16,17). The van der Waals surface area contributed by atoms with Gasteiger partial charge in [0.2, 0.25) is 5.82 Å². The zero-order chi connectivity index (χ0) is 12.5. The predicted molar refractivity (Wildman–Crippen MR) is 69.0 cm³/mol. The SMILES string of the molecule is Clc1cc(Cl)n(-c2ccccc2)c1-c1nn[nH]n1. The van der Waals surface area contributed by atoms with Crippen molar-refractivity contribution in [2.75, 3.05) is 0 Å². The molecular weight excluding hydrogens is 273 g/mol. The van der Waals surface area contributed by atoms with Gasteiger partial charge in [0.1, 0.15) is 10.8 Å². The number of tetrazole rings is 1. The normalized spacial score (nSPS) is 10.8. The number of nitrogens with zero attached hydrogens (tertiary/aromatic N) is 4. The number of para-hydroxylation sites is 1. The molecule has 0 radical (unpaired) electrons. The van der Waals surface area contributed by atoms with E-state index in [2.05, 4.69) is 20.6 Å². The highest BCUT2D eigenvalue weighted by Crippen LogP contribution is 2.34. The summed E-state index contributed by atoms with van der Waals surface area (Å²) in [6.07, 6.45) is 0. The number of benzene rings is 1. The fourth-order valence-corrected chi connectivity index (χ4v) is 2.37. The van der Waals surface area contributed by atoms with Crippen molar-refractivity contribution >= 4 is 23.2 Å². The summed E-state index contributed by atoms with van der Waals surface area (Å²) < 4.78 is 1.77. The molecule has 3 rings (SSSR count). The van der Waals surface area contributed by atoms with Crippen LogP contribution in [0.3, 0.4) is 0 Å². The maximum absolute atomic E-state index is 6.19. The fourth-order valence-electron chi connectivity index (χ4n) is 1.75. The number of hydrogen-bond acceptors (Lipinski definition) is 3. The van der Waals surface area contributed by atoms with Crippen LogP contribution in [0.4, 0.5) is 0 Å². The molecule has 0 fully saturated rings. The van der Waals surface area contributed by atoms with Crippen LogP contribution in [0.2, 0.25) is 10.2 Å². The Kier molecular flexibility index (Phi) is 2.77. The Morgan fingerprint density at radius 1 is 1.11 bits per heavy atom. The monoisotopic (exact) mass is 279 g/mol. The van der Waals surface area contributed by atoms with E-state index in [1.165, 1.54) is 0 Å². The van der Waals surface area contributed by atoms with Crippen LogP contribution in [0.1, 0.15) is 0 Å². The lowest BCUT2D eigenvalue weighted by atomic mass is 10.3. The van der Waals surface area contributed by atoms with Crippen LogP contribution in [0.5, 0.6) is 0 Å². The van der Waals surface area contributed by atoms with Crippen molar-refractivity contribution in [2.24, 2.45) is 0 Å². The molecule has 0 spiro atoms. The van der Waals surface area contributed by atoms with Crippen molar-refractivity contribution in [1.82, 2.24) is 25.2 Å². The molecule has 0 saturated heterocycles. The van der Waals surface area contributed by atoms with E-state index < -0.39 is 0 Å². The maximum Gasteiger partial charge on any atom is 0.222 e. The Labute approximate surface area is 112 Å². The Morgan fingerprint density at radius 3 is 2.56 bits per heavy atom. The summed E-state index contributed by atoms with van der Waals surface area (Å²) in [5.74, 6) is 0.399. The third-order valence-electron chi connectivity index (χ3n) is 2.48. The molecule has 2 aromatic heterocycles. The number of hydrogen-bond donors (Lipinski definition) is 1. The summed E-state index contributed by atoms with van der Waals surface area (Å²) in [6.45, 7) is 0. The highest BCUT2D eigenvalue weighted by Gasteiger charge is 2.18. The zero-order valence-electron chi connectivity index (χ0n) is 9.01. The van der Waals surface area contributed by atoms with E-state index in [9.17, 15) is 0 Å². The summed E-state index contributed by atoms with van der Waals surface area (Å²) in [4.78, 5) is 0. The number of H-pyrrole nitrogens is 1. The van der Waals surface area contributed by atoms with Crippen molar-refractivity contribution in [3.63, 3.8) is 0 Å². The maximum atomic E-state index is 6.19. The Hall–Kier alpha value is -1.85. The van der Waals surface area contributed by atoms with Gasteiger partial charge < -0.3 is 0 Å². The first-order valence-electron chi connectivity index (χ1n) is 5.13. The summed E-state index contributed by atoms with van der Waals surface area (Å²) in [7, 11) is 0. The van der Waals surface area contributed by atoms with Crippen LogP contribution in [-0.4, -0.2) is 25.2 Å². The first kappa shape index (κ1) is 11.3. The molecule has 2 heterocycles. The predicted octanol–water partition coefficient (Wildman–Crippen LogP) is 2.96. The van der Waals surface area contributed by atoms with Gasteiger partial charge in [-0.05, 0) is 23.4 Å². The first-order valence-corrected chi connectivity index (χ1v) is 5.89. The van der Waals surface area contributed by atoms with Crippen LogP contribution in [0, 0.1) is 0 Å². The Balaban J connectivity index is 2.27. The second-order valence-electron chi connectivity index (χ2n) is 3.57. The van der Waals surface area contributed by atoms with Gasteiger partial charge >= 0.3 is 0 Å². The quantitative estimate of drug-likeness (QED) is 0.785. The van der Waals surface area contributed by atoms with Crippen molar-refractivity contribution < 1.29 is 0 Å². The average molecular weight is 280 g/mol. The number of aromatic nitrogens is 5. The minimum absolute atomic E-state index is 0.399. The minimum Gasteiger partial charge on any atom is -0.296 e. The van der Waals surface area contributed by atoms with E-state index in [1.54, 1.807) is 10.6 Å². The minimum atomic E-state index is 0.399. The van der Waals surface area contributed by atoms with Crippen LogP contribution in [0.25, 0.3) is 17.2 Å². The number of nitrogens with one attached hydrogen (secondary N) is 1. The van der Waals surface area contributed by atoms with Gasteiger partial charge in [-0.25, -0.2) is 0 Å². The summed E-state index contributed by atoms with van der Waals surface area (Å²) >= 11 is 12.4. The lowest BCUT2D eigenvalue weighted by molar-refractivity contribution is 0.881. The molecule has 0 amide bonds. The molecule has 0 atom stereocenters. The van der Waals surface area contributed by atoms with E-state index in [0.29, 0.717) is 21.7 Å². The van der Waals surface area contributed by atoms with E-state index in [0.717, 1.165) is 5.69 Å². The van der Waals surface area contributed by atoms with Crippen LogP contribution < -0.4 is 0 Å². The third-order valence-corrected chi connectivity index (χ3v) is 3.05. The van der Waals surface area contributed by atoms with Gasteiger partial charge in [0.25, 0.3) is 0 Å². The van der Waals surface area contributed by atoms with Gasteiger partial charge in [-0.15, -0.1) is 10.2 Å². The molecular formula is C11H7Cl2N5. The first-order chi connectivity index (χ1) is 8.77. The fraction of sp³-hybridized carbons (Fsp3) is 0. The smallest absolute Gasteiger partial charge is 0.222 e. The molecule has 0 aliphatic heterocycles. The Morgan fingerprint density at radius 2 is 1.89 bits per heavy atom. The zero-order valence-corrected chi connectivity index (χ0v) is 10.5. The number of rotatable bonds is 2. The average Bonchev–Trinajstić information content (AvgIpc) is 2.97. The second kappa shape index (κ2) is 4.44. The molecule has 7 heteroatoms. The second-order valence-corrected chi connectivity index (χ2v) is 4.36. The van der Waals surface area contributed by atoms with Crippen molar-refractivity contribution in [3.05, 3.63) is 46.6 Å². The molecule has 0 aliphatic carbocycles. The molecule has 90 valence electrons. The van der Waals surface area contributed by atoms with Crippen LogP contribution in [0.15, 0.2) is 36.4 Å². The number of aromatic amines is 1. The molecule has 0 aliphatic rings. The highest BCUT2D eigenvalue weighted by atomic mass is 35.5. The number of halogens is 2. The van der Waals surface area contributed by atoms with Gasteiger partial charge in [0, 0.05) is 5.69 Å². The van der Waals surface area contributed by atoms with E-state index >= 15 is 0 Å². The molecule has 5 nitrogen and oxygen atoms in total. The van der Waals surface area contributed by atoms with Crippen molar-refractivity contribution in [1.29, 1.82) is 0 Å². The highest BCUT2D eigenvalue weighted by molar-refractivity contribution is 6.36. The molecule has 18 heavy (non-hydrogen) atoms. The van der Waals surface area contributed by atoms with Crippen LogP contribution >= 0.6 is 23.2 Å². The van der Waals surface area contributed by atoms with Gasteiger partial charge in [0.05, 0.1) is 5.02 Å². The van der Waals surface area contributed by atoms with E-state index in [1.807, 2.05) is 30.3 Å².